The van der Waals surface area contributed by atoms with Crippen LogP contribution in [0.25, 0.3) is 0 Å². The van der Waals surface area contributed by atoms with Crippen LogP contribution in [0.5, 0.6) is 0 Å². The fourth-order valence-electron chi connectivity index (χ4n) is 1.13. The van der Waals surface area contributed by atoms with Crippen molar-refractivity contribution < 1.29 is 8.42 Å². The summed E-state index contributed by atoms with van der Waals surface area (Å²) >= 11 is 0. The van der Waals surface area contributed by atoms with E-state index in [0.717, 1.165) is 0 Å². The normalized spacial score (nSPS) is 17.1. The Labute approximate surface area is 100 Å². The van der Waals surface area contributed by atoms with Crippen LogP contribution >= 0.6 is 0 Å². The van der Waals surface area contributed by atoms with Gasteiger partial charge in [-0.3, -0.25) is 0 Å². The first-order valence-electron chi connectivity index (χ1n) is 5.75. The number of nitrogens with two attached hydrogens (primary N) is 1. The zero-order valence-electron chi connectivity index (χ0n) is 11.1. The van der Waals surface area contributed by atoms with Gasteiger partial charge in [0.2, 0.25) is 10.0 Å². The molecule has 0 bridgehead atoms. The van der Waals surface area contributed by atoms with Crippen LogP contribution in [-0.4, -0.2) is 26.3 Å². The van der Waals surface area contributed by atoms with Gasteiger partial charge in [-0.1, -0.05) is 27.7 Å². The van der Waals surface area contributed by atoms with Crippen LogP contribution in [0.4, 0.5) is 0 Å². The lowest BCUT2D eigenvalue weighted by atomic mass is 9.94. The van der Waals surface area contributed by atoms with Crippen molar-refractivity contribution in [3.63, 3.8) is 0 Å². The van der Waals surface area contributed by atoms with Crippen LogP contribution in [0.1, 0.15) is 47.5 Å². The molecule has 3 N–H and O–H groups in total. The third-order valence-corrected chi connectivity index (χ3v) is 4.30. The molecule has 0 fully saturated rings. The van der Waals surface area contributed by atoms with Crippen LogP contribution in [0, 0.1) is 5.41 Å². The summed E-state index contributed by atoms with van der Waals surface area (Å²) < 4.78 is 26.4. The van der Waals surface area contributed by atoms with Gasteiger partial charge in [0.25, 0.3) is 0 Å². The van der Waals surface area contributed by atoms with E-state index < -0.39 is 15.6 Å². The van der Waals surface area contributed by atoms with Crippen molar-refractivity contribution >= 4 is 10.0 Å². The Bertz CT molecular complexity index is 300. The van der Waals surface area contributed by atoms with Crippen LogP contribution in [0.2, 0.25) is 0 Å². The van der Waals surface area contributed by atoms with E-state index in [0.29, 0.717) is 19.4 Å². The van der Waals surface area contributed by atoms with Gasteiger partial charge in [0.15, 0.2) is 0 Å². The van der Waals surface area contributed by atoms with Gasteiger partial charge in [0.1, 0.15) is 0 Å². The topological polar surface area (TPSA) is 72.2 Å². The molecule has 5 heteroatoms. The Morgan fingerprint density at radius 3 is 2.00 bits per heavy atom. The smallest absolute Gasteiger partial charge is 0.212 e. The molecule has 0 heterocycles. The summed E-state index contributed by atoms with van der Waals surface area (Å²) in [6.45, 7) is 10.2. The molecule has 0 saturated carbocycles. The molecular formula is C11H26N2O2S. The Morgan fingerprint density at radius 2 is 1.69 bits per heavy atom. The molecule has 0 aromatic rings. The Morgan fingerprint density at radius 1 is 1.19 bits per heavy atom. The van der Waals surface area contributed by atoms with E-state index in [-0.39, 0.29) is 11.2 Å². The van der Waals surface area contributed by atoms with Gasteiger partial charge in [-0.05, 0) is 25.2 Å². The van der Waals surface area contributed by atoms with Crippen molar-refractivity contribution in [2.75, 3.05) is 12.3 Å². The van der Waals surface area contributed by atoms with Crippen molar-refractivity contribution in [3.8, 4) is 0 Å². The summed E-state index contributed by atoms with van der Waals surface area (Å²) in [6.07, 6.45) is 1.34. The van der Waals surface area contributed by atoms with E-state index >= 15 is 0 Å². The number of hydrogen-bond acceptors (Lipinski definition) is 3. The summed E-state index contributed by atoms with van der Waals surface area (Å²) in [5.74, 6) is 0.159. The molecule has 0 aliphatic heterocycles. The Kier molecular flexibility index (Phi) is 5.42. The monoisotopic (exact) mass is 250 g/mol. The lowest BCUT2D eigenvalue weighted by Gasteiger charge is -2.28. The summed E-state index contributed by atoms with van der Waals surface area (Å²) in [6, 6.07) is 0. The molecule has 4 nitrogen and oxygen atoms in total. The van der Waals surface area contributed by atoms with Crippen LogP contribution < -0.4 is 10.5 Å². The van der Waals surface area contributed by atoms with Crippen molar-refractivity contribution in [3.05, 3.63) is 0 Å². The van der Waals surface area contributed by atoms with Crippen molar-refractivity contribution in [2.45, 2.75) is 53.0 Å². The standard InChI is InChI=1S/C11H26N2O2S/c1-6-11(5,9-12)13-16(14,15)8-7-10(2,3)4/h13H,6-9,12H2,1-5H3. The molecule has 16 heavy (non-hydrogen) atoms. The first-order chi connectivity index (χ1) is 7.04. The summed E-state index contributed by atoms with van der Waals surface area (Å²) in [5, 5.41) is 0. The third kappa shape index (κ3) is 6.45. The first-order valence-corrected chi connectivity index (χ1v) is 7.40. The fourth-order valence-corrected chi connectivity index (χ4v) is 3.09. The van der Waals surface area contributed by atoms with E-state index in [1.165, 1.54) is 0 Å². The van der Waals surface area contributed by atoms with Gasteiger partial charge in [-0.2, -0.15) is 0 Å². The van der Waals surface area contributed by atoms with E-state index in [1.54, 1.807) is 0 Å². The molecule has 0 radical (unpaired) electrons. The Hall–Kier alpha value is -0.130. The van der Waals surface area contributed by atoms with Gasteiger partial charge in [-0.15, -0.1) is 0 Å². The van der Waals surface area contributed by atoms with E-state index in [2.05, 4.69) is 4.72 Å². The molecule has 1 atom stereocenters. The minimum absolute atomic E-state index is 0.0279. The molecule has 0 aliphatic rings. The average molecular weight is 250 g/mol. The molecule has 0 aromatic carbocycles. The minimum atomic E-state index is -3.23. The highest BCUT2D eigenvalue weighted by Gasteiger charge is 2.27. The highest BCUT2D eigenvalue weighted by atomic mass is 32.2. The fraction of sp³-hybridized carbons (Fsp3) is 1.00. The second-order valence-electron chi connectivity index (χ2n) is 5.85. The van der Waals surface area contributed by atoms with Gasteiger partial charge in [0.05, 0.1) is 5.75 Å². The quantitative estimate of drug-likeness (QED) is 0.750. The van der Waals surface area contributed by atoms with Crippen molar-refractivity contribution in [2.24, 2.45) is 11.1 Å². The van der Waals surface area contributed by atoms with E-state index in [4.69, 9.17) is 5.73 Å². The molecule has 0 aromatic heterocycles. The number of nitrogens with one attached hydrogen (secondary N) is 1. The van der Waals surface area contributed by atoms with Crippen LogP contribution in [0.15, 0.2) is 0 Å². The molecule has 1 unspecified atom stereocenters. The maximum absolute atomic E-state index is 11.8. The molecule has 0 saturated heterocycles. The average Bonchev–Trinajstić information content (AvgIpc) is 2.13. The lowest BCUT2D eigenvalue weighted by molar-refractivity contribution is 0.385. The zero-order chi connectivity index (χ0) is 13.0. The maximum Gasteiger partial charge on any atom is 0.212 e. The second kappa shape index (κ2) is 5.47. The number of sulfonamides is 1. The van der Waals surface area contributed by atoms with Crippen molar-refractivity contribution in [1.82, 2.24) is 4.72 Å². The van der Waals surface area contributed by atoms with Gasteiger partial charge >= 0.3 is 0 Å². The largest absolute Gasteiger partial charge is 0.329 e. The number of rotatable bonds is 6. The van der Waals surface area contributed by atoms with Crippen LogP contribution in [-0.2, 0) is 10.0 Å². The summed E-state index contributed by atoms with van der Waals surface area (Å²) in [7, 11) is -3.23. The lowest BCUT2D eigenvalue weighted by Crippen LogP contribution is -2.51. The van der Waals surface area contributed by atoms with Gasteiger partial charge in [0, 0.05) is 12.1 Å². The summed E-state index contributed by atoms with van der Waals surface area (Å²) in [5.41, 5.74) is 5.09. The second-order valence-corrected chi connectivity index (χ2v) is 7.69. The first kappa shape index (κ1) is 15.9. The van der Waals surface area contributed by atoms with Crippen LogP contribution in [0.3, 0.4) is 0 Å². The predicted molar refractivity (Wildman–Crippen MR) is 68.7 cm³/mol. The van der Waals surface area contributed by atoms with E-state index in [1.807, 2.05) is 34.6 Å². The highest BCUT2D eigenvalue weighted by Crippen LogP contribution is 2.19. The third-order valence-electron chi connectivity index (χ3n) is 2.75. The highest BCUT2D eigenvalue weighted by molar-refractivity contribution is 7.89. The molecule has 0 aliphatic carbocycles. The van der Waals surface area contributed by atoms with Gasteiger partial charge in [-0.25, -0.2) is 13.1 Å². The molecule has 0 amide bonds. The Balaban J connectivity index is 4.47. The molecule has 0 spiro atoms. The molecule has 0 rings (SSSR count). The van der Waals surface area contributed by atoms with Crippen molar-refractivity contribution in [1.29, 1.82) is 0 Å². The van der Waals surface area contributed by atoms with Gasteiger partial charge < -0.3 is 5.73 Å². The maximum atomic E-state index is 11.8. The SMILES string of the molecule is CCC(C)(CN)NS(=O)(=O)CCC(C)(C)C. The minimum Gasteiger partial charge on any atom is -0.329 e. The molecule has 98 valence electrons. The zero-order valence-corrected chi connectivity index (χ0v) is 11.9. The number of hydrogen-bond donors (Lipinski definition) is 2. The van der Waals surface area contributed by atoms with E-state index in [9.17, 15) is 8.42 Å². The molecular weight excluding hydrogens is 224 g/mol. The predicted octanol–water partition coefficient (Wildman–Crippen LogP) is 1.47. The summed E-state index contributed by atoms with van der Waals surface area (Å²) in [4.78, 5) is 0.